The lowest BCUT2D eigenvalue weighted by Gasteiger charge is -2.11. The second kappa shape index (κ2) is 5.06. The van der Waals surface area contributed by atoms with Crippen molar-refractivity contribution in [1.82, 2.24) is 4.72 Å². The third kappa shape index (κ3) is 2.78. The molecule has 2 rings (SSSR count). The van der Waals surface area contributed by atoms with Crippen molar-refractivity contribution in [2.24, 2.45) is 0 Å². The van der Waals surface area contributed by atoms with E-state index >= 15 is 0 Å². The molecular weight excluding hydrogens is 246 g/mol. The second-order valence-electron chi connectivity index (χ2n) is 3.79. The van der Waals surface area contributed by atoms with Crippen molar-refractivity contribution in [1.29, 1.82) is 0 Å². The summed E-state index contributed by atoms with van der Waals surface area (Å²) in [6.07, 6.45) is 0. The van der Waals surface area contributed by atoms with Gasteiger partial charge in [-0.25, -0.2) is 4.21 Å². The van der Waals surface area contributed by atoms with Gasteiger partial charge in [-0.3, -0.25) is 9.52 Å². The van der Waals surface area contributed by atoms with E-state index in [2.05, 4.69) is 10.6 Å². The number of rotatable bonds is 3. The van der Waals surface area contributed by atoms with Gasteiger partial charge in [-0.15, -0.1) is 0 Å². The summed E-state index contributed by atoms with van der Waals surface area (Å²) < 4.78 is 14.8. The summed E-state index contributed by atoms with van der Waals surface area (Å²) in [5.74, 6) is 3.21. The van der Waals surface area contributed by atoms with E-state index in [9.17, 15) is 9.00 Å². The largest absolute Gasteiger partial charge is 0.275 e. The third-order valence-corrected chi connectivity index (χ3v) is 3.97. The molecule has 1 amide bonds. The van der Waals surface area contributed by atoms with Crippen molar-refractivity contribution in [2.45, 2.75) is 4.90 Å². The predicted octanol–water partition coefficient (Wildman–Crippen LogP) is 2.11. The Kier molecular flexibility index (Phi) is 3.48. The van der Waals surface area contributed by atoms with E-state index in [0.29, 0.717) is 10.5 Å². The summed E-state index contributed by atoms with van der Waals surface area (Å²) in [5, 5.41) is 0. The standard InChI is InChI=1S/C14H13NO2S/c1-18(17,13-10-6-3-7-11-13)15-14(16)12-8-4-2-5-9-12/h2-11H,1H2,(H,15,16,17). The van der Waals surface area contributed by atoms with Crippen LogP contribution in [0.3, 0.4) is 0 Å². The predicted molar refractivity (Wildman–Crippen MR) is 73.9 cm³/mol. The Morgan fingerprint density at radius 1 is 0.944 bits per heavy atom. The fourth-order valence-electron chi connectivity index (χ4n) is 1.50. The zero-order chi connectivity index (χ0) is 13.0. The Morgan fingerprint density at radius 2 is 1.44 bits per heavy atom. The molecule has 0 bridgehead atoms. The van der Waals surface area contributed by atoms with Gasteiger partial charge in [0, 0.05) is 10.5 Å². The number of hydrogen-bond acceptors (Lipinski definition) is 2. The summed E-state index contributed by atoms with van der Waals surface area (Å²) in [6, 6.07) is 17.3. The van der Waals surface area contributed by atoms with Crippen LogP contribution in [0.1, 0.15) is 10.4 Å². The molecule has 0 aliphatic carbocycles. The maximum absolute atomic E-state index is 12.3. The molecule has 0 aromatic heterocycles. The normalized spacial score (nSPS) is 13.6. The zero-order valence-corrected chi connectivity index (χ0v) is 10.5. The van der Waals surface area contributed by atoms with Crippen molar-refractivity contribution in [3.8, 4) is 0 Å². The molecule has 92 valence electrons. The number of amides is 1. The van der Waals surface area contributed by atoms with Gasteiger partial charge in [-0.05, 0) is 30.1 Å². The summed E-state index contributed by atoms with van der Waals surface area (Å²) >= 11 is 0. The fourth-order valence-corrected chi connectivity index (χ4v) is 2.63. The Morgan fingerprint density at radius 3 is 2.00 bits per heavy atom. The molecule has 0 spiro atoms. The molecule has 2 aromatic carbocycles. The van der Waals surface area contributed by atoms with E-state index in [-0.39, 0.29) is 5.91 Å². The molecule has 0 aliphatic heterocycles. The van der Waals surface area contributed by atoms with Crippen LogP contribution in [-0.2, 0) is 9.71 Å². The molecule has 4 heteroatoms. The molecule has 0 radical (unpaired) electrons. The molecule has 2 aromatic rings. The molecule has 3 nitrogen and oxygen atoms in total. The van der Waals surface area contributed by atoms with Crippen LogP contribution in [0.5, 0.6) is 0 Å². The van der Waals surface area contributed by atoms with Crippen LogP contribution in [0.2, 0.25) is 0 Å². The van der Waals surface area contributed by atoms with Gasteiger partial charge >= 0.3 is 0 Å². The first kappa shape index (κ1) is 12.4. The van der Waals surface area contributed by atoms with Crippen LogP contribution in [0, 0.1) is 0 Å². The number of carbonyl (C=O) groups is 1. The number of benzene rings is 2. The first-order valence-electron chi connectivity index (χ1n) is 5.39. The summed E-state index contributed by atoms with van der Waals surface area (Å²) in [7, 11) is -2.81. The Labute approximate surface area is 107 Å². The van der Waals surface area contributed by atoms with E-state index in [1.165, 1.54) is 0 Å². The van der Waals surface area contributed by atoms with Gasteiger partial charge in [-0.2, -0.15) is 0 Å². The summed E-state index contributed by atoms with van der Waals surface area (Å²) in [4.78, 5) is 12.4. The van der Waals surface area contributed by atoms with Gasteiger partial charge in [0.1, 0.15) is 0 Å². The second-order valence-corrected chi connectivity index (χ2v) is 5.81. The van der Waals surface area contributed by atoms with Crippen molar-refractivity contribution in [3.05, 3.63) is 66.2 Å². The van der Waals surface area contributed by atoms with E-state index in [0.717, 1.165) is 0 Å². The van der Waals surface area contributed by atoms with Gasteiger partial charge in [0.2, 0.25) is 0 Å². The van der Waals surface area contributed by atoms with Gasteiger partial charge in [0.15, 0.2) is 0 Å². The highest BCUT2D eigenvalue weighted by Crippen LogP contribution is 2.08. The summed E-state index contributed by atoms with van der Waals surface area (Å²) in [5.41, 5.74) is 0.463. The van der Waals surface area contributed by atoms with Crippen molar-refractivity contribution >= 4 is 21.5 Å². The minimum Gasteiger partial charge on any atom is -0.275 e. The first-order valence-corrected chi connectivity index (χ1v) is 7.12. The van der Waals surface area contributed by atoms with E-state index in [4.69, 9.17) is 0 Å². The quantitative estimate of drug-likeness (QED) is 0.858. The molecule has 0 aliphatic rings. The Hall–Kier alpha value is -2.07. The monoisotopic (exact) mass is 259 g/mol. The number of nitrogens with one attached hydrogen (secondary N) is 1. The molecule has 1 atom stereocenters. The van der Waals surface area contributed by atoms with E-state index in [1.54, 1.807) is 48.5 Å². The zero-order valence-electron chi connectivity index (χ0n) is 9.71. The number of carbonyl (C=O) groups excluding carboxylic acids is 1. The minimum atomic E-state index is -2.81. The van der Waals surface area contributed by atoms with Gasteiger partial charge in [-0.1, -0.05) is 36.4 Å². The average molecular weight is 259 g/mol. The van der Waals surface area contributed by atoms with Crippen molar-refractivity contribution in [3.63, 3.8) is 0 Å². The lowest BCUT2D eigenvalue weighted by Crippen LogP contribution is -2.30. The van der Waals surface area contributed by atoms with Crippen LogP contribution < -0.4 is 4.72 Å². The Bertz CT molecular complexity index is 634. The molecule has 1 unspecified atom stereocenters. The highest BCUT2D eigenvalue weighted by molar-refractivity contribution is 7.99. The molecule has 0 fully saturated rings. The molecule has 18 heavy (non-hydrogen) atoms. The smallest absolute Gasteiger partial charge is 0.262 e. The Balaban J connectivity index is 2.23. The topological polar surface area (TPSA) is 46.2 Å². The molecule has 0 heterocycles. The van der Waals surface area contributed by atoms with E-state index in [1.807, 2.05) is 12.1 Å². The highest BCUT2D eigenvalue weighted by Gasteiger charge is 2.12. The molecular formula is C14H13NO2S. The van der Waals surface area contributed by atoms with Crippen molar-refractivity contribution in [2.75, 3.05) is 0 Å². The van der Waals surface area contributed by atoms with Gasteiger partial charge in [0.05, 0.1) is 9.71 Å². The third-order valence-electron chi connectivity index (χ3n) is 2.42. The van der Waals surface area contributed by atoms with Crippen molar-refractivity contribution < 1.29 is 9.00 Å². The first-order chi connectivity index (χ1) is 8.59. The van der Waals surface area contributed by atoms with Gasteiger partial charge < -0.3 is 0 Å². The highest BCUT2D eigenvalue weighted by atomic mass is 32.2. The van der Waals surface area contributed by atoms with Crippen LogP contribution in [0.15, 0.2) is 65.6 Å². The van der Waals surface area contributed by atoms with Crippen LogP contribution in [-0.4, -0.2) is 16.0 Å². The maximum Gasteiger partial charge on any atom is 0.262 e. The van der Waals surface area contributed by atoms with E-state index < -0.39 is 9.71 Å². The maximum atomic E-state index is 12.3. The molecule has 0 saturated carbocycles. The number of hydrogen-bond donors (Lipinski definition) is 1. The lowest BCUT2D eigenvalue weighted by molar-refractivity contribution is 0.0982. The molecule has 1 N–H and O–H groups in total. The fraction of sp³-hybridized carbons (Fsp3) is 0. The van der Waals surface area contributed by atoms with Crippen LogP contribution in [0.25, 0.3) is 0 Å². The summed E-state index contributed by atoms with van der Waals surface area (Å²) in [6.45, 7) is 0. The minimum absolute atomic E-state index is 0.389. The average Bonchev–Trinajstić information content (AvgIpc) is 2.40. The van der Waals surface area contributed by atoms with Crippen LogP contribution in [0.4, 0.5) is 0 Å². The van der Waals surface area contributed by atoms with Gasteiger partial charge in [0.25, 0.3) is 5.91 Å². The lowest BCUT2D eigenvalue weighted by atomic mass is 10.2. The SMILES string of the molecule is C=S(=O)(NC(=O)c1ccccc1)c1ccccc1. The van der Waals surface area contributed by atoms with Crippen LogP contribution >= 0.6 is 0 Å². The molecule has 0 saturated heterocycles.